The number of nitrogens with zero attached hydrogens (tertiary/aromatic N) is 2. The third kappa shape index (κ3) is 3.63. The zero-order valence-electron chi connectivity index (χ0n) is 12.6. The summed E-state index contributed by atoms with van der Waals surface area (Å²) >= 11 is 0. The summed E-state index contributed by atoms with van der Waals surface area (Å²) in [7, 11) is -0.661. The average Bonchev–Trinajstić information content (AvgIpc) is 2.84. The first-order valence-electron chi connectivity index (χ1n) is 6.91. The van der Waals surface area contributed by atoms with Crippen molar-refractivity contribution in [3.8, 4) is 0 Å². The van der Waals surface area contributed by atoms with Crippen molar-refractivity contribution in [3.05, 3.63) is 24.3 Å². The SMILES string of the molecule is CN(C)S(=O)(=O)c1cccc(NC(=O)CN2CCCC2=O)c1. The van der Waals surface area contributed by atoms with Crippen LogP contribution in [0.4, 0.5) is 5.69 Å². The second-order valence-electron chi connectivity index (χ2n) is 5.28. The number of rotatable bonds is 5. The molecule has 0 radical (unpaired) electrons. The van der Waals surface area contributed by atoms with Crippen LogP contribution in [-0.4, -0.2) is 56.6 Å². The van der Waals surface area contributed by atoms with Gasteiger partial charge in [0, 0.05) is 32.7 Å². The Morgan fingerprint density at radius 2 is 2.09 bits per heavy atom. The molecule has 8 heteroatoms. The fourth-order valence-electron chi connectivity index (χ4n) is 2.19. The third-order valence-corrected chi connectivity index (χ3v) is 5.21. The predicted octanol–water partition coefficient (Wildman–Crippen LogP) is 0.498. The van der Waals surface area contributed by atoms with Crippen LogP contribution in [0.25, 0.3) is 0 Å². The molecule has 1 saturated heterocycles. The molecule has 1 aliphatic rings. The number of benzene rings is 1. The zero-order valence-corrected chi connectivity index (χ0v) is 13.4. The summed E-state index contributed by atoms with van der Waals surface area (Å²) in [5.41, 5.74) is 0.388. The van der Waals surface area contributed by atoms with Crippen LogP contribution < -0.4 is 5.32 Å². The Balaban J connectivity index is 2.07. The molecule has 22 heavy (non-hydrogen) atoms. The van der Waals surface area contributed by atoms with Crippen molar-refractivity contribution in [1.29, 1.82) is 0 Å². The van der Waals surface area contributed by atoms with Gasteiger partial charge >= 0.3 is 0 Å². The Hall–Kier alpha value is -1.93. The van der Waals surface area contributed by atoms with E-state index >= 15 is 0 Å². The topological polar surface area (TPSA) is 86.8 Å². The molecule has 0 saturated carbocycles. The Kier molecular flexibility index (Phi) is 4.82. The van der Waals surface area contributed by atoms with Crippen LogP contribution in [0, 0.1) is 0 Å². The van der Waals surface area contributed by atoms with E-state index in [1.54, 1.807) is 12.1 Å². The van der Waals surface area contributed by atoms with Crippen LogP contribution in [0.1, 0.15) is 12.8 Å². The van der Waals surface area contributed by atoms with Crippen molar-refractivity contribution < 1.29 is 18.0 Å². The molecule has 1 aliphatic heterocycles. The lowest BCUT2D eigenvalue weighted by Crippen LogP contribution is -2.34. The molecule has 1 fully saturated rings. The molecule has 0 bridgehead atoms. The zero-order chi connectivity index (χ0) is 16.3. The van der Waals surface area contributed by atoms with Gasteiger partial charge in [-0.05, 0) is 24.6 Å². The maximum atomic E-state index is 12.1. The van der Waals surface area contributed by atoms with E-state index in [2.05, 4.69) is 5.32 Å². The maximum absolute atomic E-state index is 12.1. The summed E-state index contributed by atoms with van der Waals surface area (Å²) in [5, 5.41) is 2.62. The molecule has 1 heterocycles. The van der Waals surface area contributed by atoms with E-state index in [-0.39, 0.29) is 23.3 Å². The number of amides is 2. The minimum Gasteiger partial charge on any atom is -0.333 e. The molecule has 1 aromatic carbocycles. The molecular weight excluding hydrogens is 306 g/mol. The molecule has 2 amide bonds. The van der Waals surface area contributed by atoms with Crippen LogP contribution in [0.3, 0.4) is 0 Å². The molecule has 2 rings (SSSR count). The van der Waals surface area contributed by atoms with E-state index < -0.39 is 10.0 Å². The predicted molar refractivity (Wildman–Crippen MR) is 81.8 cm³/mol. The summed E-state index contributed by atoms with van der Waals surface area (Å²) in [6.45, 7) is 0.574. The van der Waals surface area contributed by atoms with Gasteiger partial charge in [0.25, 0.3) is 0 Å². The van der Waals surface area contributed by atoms with E-state index in [0.29, 0.717) is 18.7 Å². The largest absolute Gasteiger partial charge is 0.333 e. The smallest absolute Gasteiger partial charge is 0.243 e. The summed E-state index contributed by atoms with van der Waals surface area (Å²) in [6, 6.07) is 6.04. The molecule has 1 aromatic rings. The first kappa shape index (κ1) is 16.4. The maximum Gasteiger partial charge on any atom is 0.243 e. The highest BCUT2D eigenvalue weighted by molar-refractivity contribution is 7.89. The quantitative estimate of drug-likeness (QED) is 0.854. The van der Waals surface area contributed by atoms with Crippen LogP contribution in [0.2, 0.25) is 0 Å². The highest BCUT2D eigenvalue weighted by Crippen LogP contribution is 2.18. The van der Waals surface area contributed by atoms with Crippen LogP contribution in [-0.2, 0) is 19.6 Å². The van der Waals surface area contributed by atoms with Crippen molar-refractivity contribution in [2.75, 3.05) is 32.5 Å². The Morgan fingerprint density at radius 1 is 1.36 bits per heavy atom. The summed E-state index contributed by atoms with van der Waals surface area (Å²) in [6.07, 6.45) is 1.24. The highest BCUT2D eigenvalue weighted by Gasteiger charge is 2.22. The first-order valence-corrected chi connectivity index (χ1v) is 8.35. The molecule has 0 aromatic heterocycles. The Labute approximate surface area is 129 Å². The molecule has 120 valence electrons. The summed E-state index contributed by atoms with van der Waals surface area (Å²) in [5.74, 6) is -0.367. The van der Waals surface area contributed by atoms with Gasteiger partial charge in [0.2, 0.25) is 21.8 Å². The lowest BCUT2D eigenvalue weighted by atomic mass is 10.3. The monoisotopic (exact) mass is 325 g/mol. The van der Waals surface area contributed by atoms with Gasteiger partial charge in [-0.15, -0.1) is 0 Å². The van der Waals surface area contributed by atoms with Crippen molar-refractivity contribution >= 4 is 27.5 Å². The molecule has 0 spiro atoms. The second-order valence-corrected chi connectivity index (χ2v) is 7.43. The normalized spacial score (nSPS) is 15.4. The number of hydrogen-bond donors (Lipinski definition) is 1. The summed E-state index contributed by atoms with van der Waals surface area (Å²) < 4.78 is 25.2. The lowest BCUT2D eigenvalue weighted by Gasteiger charge is -2.16. The van der Waals surface area contributed by atoms with E-state index in [1.165, 1.54) is 31.1 Å². The van der Waals surface area contributed by atoms with Crippen molar-refractivity contribution in [2.24, 2.45) is 0 Å². The Bertz CT molecular complexity index is 685. The fraction of sp³-hybridized carbons (Fsp3) is 0.429. The standard InChI is InChI=1S/C14H19N3O4S/c1-16(2)22(20,21)12-6-3-5-11(9-12)15-13(18)10-17-8-4-7-14(17)19/h3,5-6,9H,4,7-8,10H2,1-2H3,(H,15,18). The highest BCUT2D eigenvalue weighted by atomic mass is 32.2. The van der Waals surface area contributed by atoms with E-state index in [4.69, 9.17) is 0 Å². The van der Waals surface area contributed by atoms with Crippen molar-refractivity contribution in [2.45, 2.75) is 17.7 Å². The Morgan fingerprint density at radius 3 is 2.68 bits per heavy atom. The fourth-order valence-corrected chi connectivity index (χ4v) is 3.14. The van der Waals surface area contributed by atoms with Crippen LogP contribution >= 0.6 is 0 Å². The molecular formula is C14H19N3O4S. The van der Waals surface area contributed by atoms with Gasteiger partial charge in [0.1, 0.15) is 0 Å². The number of anilines is 1. The molecule has 1 N–H and O–H groups in total. The van der Waals surface area contributed by atoms with Crippen molar-refractivity contribution in [1.82, 2.24) is 9.21 Å². The number of carbonyl (C=O) groups is 2. The van der Waals surface area contributed by atoms with Crippen LogP contribution in [0.5, 0.6) is 0 Å². The first-order chi connectivity index (χ1) is 10.3. The minimum absolute atomic E-state index is 0.0104. The molecule has 7 nitrogen and oxygen atoms in total. The minimum atomic E-state index is -3.55. The number of hydrogen-bond acceptors (Lipinski definition) is 4. The van der Waals surface area contributed by atoms with Crippen molar-refractivity contribution in [3.63, 3.8) is 0 Å². The number of nitrogens with one attached hydrogen (secondary N) is 1. The number of carbonyl (C=O) groups excluding carboxylic acids is 2. The van der Waals surface area contributed by atoms with Gasteiger partial charge in [-0.25, -0.2) is 12.7 Å². The van der Waals surface area contributed by atoms with Gasteiger partial charge in [0.05, 0.1) is 11.4 Å². The number of likely N-dealkylation sites (tertiary alicyclic amines) is 1. The lowest BCUT2D eigenvalue weighted by molar-refractivity contribution is -0.131. The molecule has 0 atom stereocenters. The van der Waals surface area contributed by atoms with Gasteiger partial charge in [-0.1, -0.05) is 6.07 Å². The third-order valence-electron chi connectivity index (χ3n) is 3.40. The van der Waals surface area contributed by atoms with Gasteiger partial charge in [0.15, 0.2) is 0 Å². The van der Waals surface area contributed by atoms with Gasteiger partial charge in [-0.3, -0.25) is 9.59 Å². The molecule has 0 unspecified atom stereocenters. The second kappa shape index (κ2) is 6.45. The number of sulfonamides is 1. The van der Waals surface area contributed by atoms with E-state index in [9.17, 15) is 18.0 Å². The average molecular weight is 325 g/mol. The van der Waals surface area contributed by atoms with E-state index in [1.807, 2.05) is 0 Å². The molecule has 0 aliphatic carbocycles. The van der Waals surface area contributed by atoms with E-state index in [0.717, 1.165) is 10.7 Å². The van der Waals surface area contributed by atoms with Crippen LogP contribution in [0.15, 0.2) is 29.2 Å². The summed E-state index contributed by atoms with van der Waals surface area (Å²) in [4.78, 5) is 25.0. The van der Waals surface area contributed by atoms with Gasteiger partial charge in [-0.2, -0.15) is 0 Å². The van der Waals surface area contributed by atoms with Gasteiger partial charge < -0.3 is 10.2 Å².